The quantitative estimate of drug-likeness (QED) is 0.757. The second-order valence-corrected chi connectivity index (χ2v) is 8.35. The van der Waals surface area contributed by atoms with Gasteiger partial charge in [-0.3, -0.25) is 9.69 Å². The molecule has 0 saturated carbocycles. The number of sulfone groups is 1. The summed E-state index contributed by atoms with van der Waals surface area (Å²) in [6.45, 7) is 0.566. The van der Waals surface area contributed by atoms with Crippen LogP contribution >= 0.6 is 0 Å². The molecule has 144 valence electrons. The molecule has 1 aliphatic heterocycles. The number of carbonyl (C=O) groups is 2. The van der Waals surface area contributed by atoms with Gasteiger partial charge in [0.15, 0.2) is 9.84 Å². The van der Waals surface area contributed by atoms with Gasteiger partial charge < -0.3 is 14.2 Å². The van der Waals surface area contributed by atoms with Crippen molar-refractivity contribution >= 4 is 21.8 Å². The lowest BCUT2D eigenvalue weighted by atomic mass is 10.1. The molecule has 0 spiro atoms. The number of hydrogen-bond acceptors (Lipinski definition) is 6. The molecular weight excluding hydrogens is 372 g/mol. The van der Waals surface area contributed by atoms with E-state index in [0.717, 1.165) is 29.5 Å². The van der Waals surface area contributed by atoms with E-state index >= 15 is 0 Å². The molecule has 1 saturated heterocycles. The van der Waals surface area contributed by atoms with E-state index in [-0.39, 0.29) is 19.6 Å². The Morgan fingerprint density at radius 1 is 1.26 bits per heavy atom. The Hall–Kier alpha value is -2.88. The predicted octanol–water partition coefficient (Wildman–Crippen LogP) is 0.654. The van der Waals surface area contributed by atoms with Gasteiger partial charge in [-0.15, -0.1) is 0 Å². The molecule has 0 radical (unpaired) electrons. The number of benzene rings is 1. The maximum Gasteiger partial charge on any atom is 0.411 e. The summed E-state index contributed by atoms with van der Waals surface area (Å²) in [4.78, 5) is 31.0. The van der Waals surface area contributed by atoms with Crippen LogP contribution in [0, 0.1) is 0 Å². The number of methoxy groups -OCH3 is 1. The van der Waals surface area contributed by atoms with Crippen molar-refractivity contribution in [2.24, 2.45) is 0 Å². The molecule has 1 aliphatic rings. The minimum Gasteiger partial charge on any atom is -0.453 e. The summed E-state index contributed by atoms with van der Waals surface area (Å²) in [5.74, 6) is -0.632. The third-order valence-corrected chi connectivity index (χ3v) is 5.61. The van der Waals surface area contributed by atoms with Crippen molar-refractivity contribution in [3.63, 3.8) is 0 Å². The SMILES string of the molecule is COC(=O)N1CCN(Cc2ccc(-n3ccnc3)cc2)C(=O)C1S(C)(=O)=O. The van der Waals surface area contributed by atoms with Gasteiger partial charge in [0, 0.05) is 44.0 Å². The first-order chi connectivity index (χ1) is 12.8. The molecule has 10 heteroatoms. The van der Waals surface area contributed by atoms with E-state index < -0.39 is 27.2 Å². The first-order valence-electron chi connectivity index (χ1n) is 8.21. The Morgan fingerprint density at radius 2 is 1.96 bits per heavy atom. The zero-order chi connectivity index (χ0) is 19.6. The summed E-state index contributed by atoms with van der Waals surface area (Å²) in [7, 11) is -2.66. The van der Waals surface area contributed by atoms with Crippen LogP contribution in [0.25, 0.3) is 5.69 Å². The van der Waals surface area contributed by atoms with Crippen LogP contribution < -0.4 is 0 Å². The molecule has 1 fully saturated rings. The lowest BCUT2D eigenvalue weighted by Gasteiger charge is -2.38. The first kappa shape index (κ1) is 18.9. The Kier molecular flexibility index (Phi) is 5.17. The molecule has 0 aliphatic carbocycles. The van der Waals surface area contributed by atoms with Crippen molar-refractivity contribution < 1.29 is 22.7 Å². The second kappa shape index (κ2) is 7.39. The number of rotatable bonds is 4. The summed E-state index contributed by atoms with van der Waals surface area (Å²) in [6.07, 6.45) is 5.29. The Morgan fingerprint density at radius 3 is 2.52 bits per heavy atom. The molecule has 3 rings (SSSR count). The Balaban J connectivity index is 1.78. The van der Waals surface area contributed by atoms with Gasteiger partial charge in [0.05, 0.1) is 13.4 Å². The second-order valence-electron chi connectivity index (χ2n) is 6.24. The standard InChI is InChI=1S/C17H20N4O5S/c1-26-17(23)21-10-9-19(15(22)16(21)27(2,24)25)11-13-3-5-14(6-4-13)20-8-7-18-12-20/h3-8,12,16H,9-11H2,1-2H3. The maximum atomic E-state index is 12.7. The van der Waals surface area contributed by atoms with Crippen molar-refractivity contribution in [2.45, 2.75) is 11.9 Å². The molecule has 1 atom stereocenters. The Labute approximate surface area is 157 Å². The Bertz CT molecular complexity index is 925. The summed E-state index contributed by atoms with van der Waals surface area (Å²) < 4.78 is 30.7. The van der Waals surface area contributed by atoms with E-state index in [0.29, 0.717) is 0 Å². The van der Waals surface area contributed by atoms with Crippen LogP contribution in [-0.2, 0) is 25.9 Å². The summed E-state index contributed by atoms with van der Waals surface area (Å²) >= 11 is 0. The smallest absolute Gasteiger partial charge is 0.411 e. The van der Waals surface area contributed by atoms with Crippen LogP contribution in [0.2, 0.25) is 0 Å². The van der Waals surface area contributed by atoms with Gasteiger partial charge in [-0.25, -0.2) is 18.2 Å². The lowest BCUT2D eigenvalue weighted by molar-refractivity contribution is -0.137. The fourth-order valence-corrected chi connectivity index (χ4v) is 4.20. The van der Waals surface area contributed by atoms with Crippen LogP contribution in [0.1, 0.15) is 5.56 Å². The third kappa shape index (κ3) is 3.95. The minimum absolute atomic E-state index is 0.0866. The highest BCUT2D eigenvalue weighted by Crippen LogP contribution is 2.20. The van der Waals surface area contributed by atoms with Gasteiger partial charge in [0.2, 0.25) is 5.37 Å². The first-order valence-corrected chi connectivity index (χ1v) is 10.2. The number of imidazole rings is 1. The summed E-state index contributed by atoms with van der Waals surface area (Å²) in [5.41, 5.74) is 1.78. The number of hydrogen-bond donors (Lipinski definition) is 0. The molecule has 1 unspecified atom stereocenters. The number of aromatic nitrogens is 2. The average Bonchev–Trinajstić information content (AvgIpc) is 3.16. The van der Waals surface area contributed by atoms with Crippen molar-refractivity contribution in [1.29, 1.82) is 0 Å². The highest BCUT2D eigenvalue weighted by molar-refractivity contribution is 7.92. The van der Waals surface area contributed by atoms with Crippen LogP contribution in [0.5, 0.6) is 0 Å². The van der Waals surface area contributed by atoms with Gasteiger partial charge in [0.25, 0.3) is 5.91 Å². The van der Waals surface area contributed by atoms with E-state index in [1.54, 1.807) is 12.5 Å². The van der Waals surface area contributed by atoms with E-state index in [4.69, 9.17) is 0 Å². The highest BCUT2D eigenvalue weighted by atomic mass is 32.2. The monoisotopic (exact) mass is 392 g/mol. The molecule has 9 nitrogen and oxygen atoms in total. The fraction of sp³-hybridized carbons (Fsp3) is 0.353. The molecule has 2 aromatic rings. The zero-order valence-electron chi connectivity index (χ0n) is 15.0. The normalized spacial score (nSPS) is 17.9. The number of piperazine rings is 1. The summed E-state index contributed by atoms with van der Waals surface area (Å²) in [5, 5.41) is -1.57. The number of carbonyl (C=O) groups excluding carboxylic acids is 2. The molecular formula is C17H20N4O5S. The van der Waals surface area contributed by atoms with Gasteiger partial charge in [-0.1, -0.05) is 12.1 Å². The number of ether oxygens (including phenoxy) is 1. The molecule has 0 bridgehead atoms. The van der Waals surface area contributed by atoms with Gasteiger partial charge in [-0.05, 0) is 17.7 Å². The van der Waals surface area contributed by atoms with E-state index in [2.05, 4.69) is 9.72 Å². The largest absolute Gasteiger partial charge is 0.453 e. The third-order valence-electron chi connectivity index (χ3n) is 4.34. The van der Waals surface area contributed by atoms with Gasteiger partial charge in [0.1, 0.15) is 0 Å². The maximum absolute atomic E-state index is 12.7. The van der Waals surface area contributed by atoms with Crippen molar-refractivity contribution in [3.05, 3.63) is 48.5 Å². The van der Waals surface area contributed by atoms with E-state index in [1.165, 1.54) is 4.90 Å². The van der Waals surface area contributed by atoms with Crippen LogP contribution in [-0.4, -0.2) is 71.6 Å². The van der Waals surface area contributed by atoms with Crippen LogP contribution in [0.3, 0.4) is 0 Å². The molecule has 27 heavy (non-hydrogen) atoms. The lowest BCUT2D eigenvalue weighted by Crippen LogP contribution is -2.60. The molecule has 0 N–H and O–H groups in total. The number of amides is 2. The topological polar surface area (TPSA) is 102 Å². The molecule has 1 aromatic carbocycles. The average molecular weight is 392 g/mol. The van der Waals surface area contributed by atoms with Crippen molar-refractivity contribution in [1.82, 2.24) is 19.4 Å². The number of nitrogens with zero attached hydrogens (tertiary/aromatic N) is 4. The van der Waals surface area contributed by atoms with Gasteiger partial charge >= 0.3 is 6.09 Å². The zero-order valence-corrected chi connectivity index (χ0v) is 15.8. The van der Waals surface area contributed by atoms with E-state index in [1.807, 2.05) is 35.0 Å². The van der Waals surface area contributed by atoms with Crippen molar-refractivity contribution in [2.75, 3.05) is 26.5 Å². The fourth-order valence-electron chi connectivity index (χ4n) is 3.03. The van der Waals surface area contributed by atoms with E-state index in [9.17, 15) is 18.0 Å². The predicted molar refractivity (Wildman–Crippen MR) is 96.7 cm³/mol. The van der Waals surface area contributed by atoms with Crippen LogP contribution in [0.4, 0.5) is 4.79 Å². The summed E-state index contributed by atoms with van der Waals surface area (Å²) in [6, 6.07) is 7.51. The van der Waals surface area contributed by atoms with Gasteiger partial charge in [-0.2, -0.15) is 0 Å². The minimum atomic E-state index is -3.82. The van der Waals surface area contributed by atoms with Crippen molar-refractivity contribution in [3.8, 4) is 5.69 Å². The molecule has 2 amide bonds. The van der Waals surface area contributed by atoms with Crippen LogP contribution in [0.15, 0.2) is 43.0 Å². The molecule has 2 heterocycles. The highest BCUT2D eigenvalue weighted by Gasteiger charge is 2.44. The molecule has 1 aromatic heterocycles.